The Hall–Kier alpha value is -1.64. The Kier molecular flexibility index (Phi) is 3.50. The van der Waals surface area contributed by atoms with Crippen molar-refractivity contribution in [1.29, 1.82) is 0 Å². The summed E-state index contributed by atoms with van der Waals surface area (Å²) in [7, 11) is 0. The minimum absolute atomic E-state index is 0.0151. The van der Waals surface area contributed by atoms with E-state index in [1.165, 1.54) is 28.7 Å². The van der Waals surface area contributed by atoms with Crippen LogP contribution in [0.4, 0.5) is 0 Å². The van der Waals surface area contributed by atoms with Gasteiger partial charge in [0.2, 0.25) is 0 Å². The summed E-state index contributed by atoms with van der Waals surface area (Å²) in [4.78, 5) is 0. The molecule has 2 aromatic carbocycles. The second-order valence-electron chi connectivity index (χ2n) is 5.86. The fourth-order valence-corrected chi connectivity index (χ4v) is 3.49. The molecule has 4 rings (SSSR count). The monoisotopic (exact) mass is 280 g/mol. The predicted molar refractivity (Wildman–Crippen MR) is 83.3 cm³/mol. The quantitative estimate of drug-likeness (QED) is 0.832. The van der Waals surface area contributed by atoms with Crippen LogP contribution in [0.15, 0.2) is 48.5 Å². The van der Waals surface area contributed by atoms with Crippen LogP contribution in [0.25, 0.3) is 11.1 Å². The van der Waals surface area contributed by atoms with E-state index in [4.69, 9.17) is 9.47 Å². The van der Waals surface area contributed by atoms with Gasteiger partial charge in [-0.2, -0.15) is 0 Å². The maximum atomic E-state index is 6.06. The lowest BCUT2D eigenvalue weighted by Gasteiger charge is -2.24. The molecule has 2 nitrogen and oxygen atoms in total. The summed E-state index contributed by atoms with van der Waals surface area (Å²) < 4.78 is 11.7. The normalized spacial score (nSPS) is 21.0. The van der Waals surface area contributed by atoms with E-state index in [-0.39, 0.29) is 6.29 Å². The molecule has 0 spiro atoms. The van der Waals surface area contributed by atoms with Crippen LogP contribution < -0.4 is 0 Å². The minimum Gasteiger partial charge on any atom is -0.353 e. The highest BCUT2D eigenvalue weighted by Crippen LogP contribution is 2.44. The zero-order chi connectivity index (χ0) is 14.1. The van der Waals surface area contributed by atoms with E-state index in [9.17, 15) is 0 Å². The fraction of sp³-hybridized carbons (Fsp3) is 0.368. The van der Waals surface area contributed by atoms with Gasteiger partial charge in [-0.3, -0.25) is 0 Å². The lowest BCUT2D eigenvalue weighted by atomic mass is 9.98. The van der Waals surface area contributed by atoms with Crippen LogP contribution in [-0.4, -0.2) is 19.5 Å². The van der Waals surface area contributed by atoms with Crippen LogP contribution in [0.1, 0.15) is 36.3 Å². The van der Waals surface area contributed by atoms with Crippen molar-refractivity contribution in [3.8, 4) is 11.1 Å². The molecule has 21 heavy (non-hydrogen) atoms. The molecule has 2 aromatic rings. The van der Waals surface area contributed by atoms with Gasteiger partial charge in [0.15, 0.2) is 6.29 Å². The molecule has 0 N–H and O–H groups in total. The molecule has 1 unspecified atom stereocenters. The highest BCUT2D eigenvalue weighted by Gasteiger charge is 2.29. The Bertz CT molecular complexity index is 583. The van der Waals surface area contributed by atoms with E-state index >= 15 is 0 Å². The summed E-state index contributed by atoms with van der Waals surface area (Å²) >= 11 is 0. The van der Waals surface area contributed by atoms with E-state index in [0.29, 0.717) is 12.5 Å². The van der Waals surface area contributed by atoms with E-state index in [1.807, 2.05) is 0 Å². The van der Waals surface area contributed by atoms with Crippen LogP contribution in [-0.2, 0) is 9.47 Å². The van der Waals surface area contributed by atoms with Gasteiger partial charge >= 0.3 is 0 Å². The smallest absolute Gasteiger partial charge is 0.157 e. The summed E-state index contributed by atoms with van der Waals surface area (Å²) in [5, 5.41) is 0. The van der Waals surface area contributed by atoms with Crippen molar-refractivity contribution in [1.82, 2.24) is 0 Å². The first kappa shape index (κ1) is 13.1. The van der Waals surface area contributed by atoms with Crippen LogP contribution in [0, 0.1) is 0 Å². The zero-order valence-corrected chi connectivity index (χ0v) is 12.1. The van der Waals surface area contributed by atoms with Gasteiger partial charge in [0.25, 0.3) is 0 Å². The number of benzene rings is 2. The number of hydrogen-bond donors (Lipinski definition) is 0. The molecular formula is C19H20O2. The standard InChI is InChI=1S/C19H20O2/c1-3-9-16-14(7-1)15-8-2-4-10-17(15)18(16)13-21-19-11-5-6-12-20-19/h1-4,7-10,18-19H,5-6,11-13H2. The average Bonchev–Trinajstić information content (AvgIpc) is 2.88. The van der Waals surface area contributed by atoms with Crippen molar-refractivity contribution < 1.29 is 9.47 Å². The molecule has 1 atom stereocenters. The Morgan fingerprint density at radius 2 is 1.57 bits per heavy atom. The van der Waals surface area contributed by atoms with Gasteiger partial charge < -0.3 is 9.47 Å². The molecule has 1 fully saturated rings. The van der Waals surface area contributed by atoms with E-state index in [1.54, 1.807) is 0 Å². The molecule has 1 saturated heterocycles. The molecule has 0 amide bonds. The van der Waals surface area contributed by atoms with Crippen LogP contribution in [0.5, 0.6) is 0 Å². The minimum atomic E-state index is -0.0151. The molecule has 1 aliphatic carbocycles. The first-order valence-corrected chi connectivity index (χ1v) is 7.85. The number of fused-ring (bicyclic) bond motifs is 3. The molecule has 0 bridgehead atoms. The molecule has 1 aliphatic heterocycles. The van der Waals surface area contributed by atoms with Crippen LogP contribution in [0.3, 0.4) is 0 Å². The van der Waals surface area contributed by atoms with E-state index in [0.717, 1.165) is 19.4 Å². The Morgan fingerprint density at radius 1 is 0.905 bits per heavy atom. The number of rotatable bonds is 3. The van der Waals surface area contributed by atoms with Crippen molar-refractivity contribution in [3.05, 3.63) is 59.7 Å². The summed E-state index contributed by atoms with van der Waals surface area (Å²) in [6, 6.07) is 17.3. The maximum absolute atomic E-state index is 6.06. The third-order valence-electron chi connectivity index (χ3n) is 4.55. The lowest BCUT2D eigenvalue weighted by Crippen LogP contribution is -2.24. The number of ether oxygens (including phenoxy) is 2. The maximum Gasteiger partial charge on any atom is 0.157 e. The highest BCUT2D eigenvalue weighted by molar-refractivity contribution is 5.78. The lowest BCUT2D eigenvalue weighted by molar-refractivity contribution is -0.163. The highest BCUT2D eigenvalue weighted by atomic mass is 16.7. The van der Waals surface area contributed by atoms with Gasteiger partial charge in [-0.1, -0.05) is 48.5 Å². The molecule has 108 valence electrons. The van der Waals surface area contributed by atoms with Crippen molar-refractivity contribution in [3.63, 3.8) is 0 Å². The summed E-state index contributed by atoms with van der Waals surface area (Å²) in [5.74, 6) is 0.336. The van der Waals surface area contributed by atoms with E-state index in [2.05, 4.69) is 48.5 Å². The van der Waals surface area contributed by atoms with Gasteiger partial charge in [0.1, 0.15) is 0 Å². The predicted octanol–water partition coefficient (Wildman–Crippen LogP) is 4.34. The average molecular weight is 280 g/mol. The van der Waals surface area contributed by atoms with Gasteiger partial charge in [-0.25, -0.2) is 0 Å². The summed E-state index contributed by atoms with van der Waals surface area (Å²) in [5.41, 5.74) is 5.47. The Labute approximate surface area is 125 Å². The van der Waals surface area contributed by atoms with E-state index < -0.39 is 0 Å². The van der Waals surface area contributed by atoms with Crippen LogP contribution in [0.2, 0.25) is 0 Å². The molecule has 0 saturated carbocycles. The third kappa shape index (κ3) is 2.39. The second kappa shape index (κ2) is 5.63. The van der Waals surface area contributed by atoms with Crippen molar-refractivity contribution >= 4 is 0 Å². The van der Waals surface area contributed by atoms with Gasteiger partial charge in [0.05, 0.1) is 6.61 Å². The van der Waals surface area contributed by atoms with Gasteiger partial charge in [-0.05, 0) is 41.5 Å². The molecule has 1 heterocycles. The van der Waals surface area contributed by atoms with Crippen molar-refractivity contribution in [2.45, 2.75) is 31.5 Å². The number of hydrogen-bond acceptors (Lipinski definition) is 2. The third-order valence-corrected chi connectivity index (χ3v) is 4.55. The summed E-state index contributed by atoms with van der Waals surface area (Å²) in [6.45, 7) is 1.54. The van der Waals surface area contributed by atoms with Gasteiger partial charge in [0, 0.05) is 12.5 Å². The molecular weight excluding hydrogens is 260 g/mol. The fourth-order valence-electron chi connectivity index (χ4n) is 3.49. The molecule has 0 radical (unpaired) electrons. The first-order chi connectivity index (χ1) is 10.4. The topological polar surface area (TPSA) is 18.5 Å². The zero-order valence-electron chi connectivity index (χ0n) is 12.1. The Morgan fingerprint density at radius 3 is 2.19 bits per heavy atom. The van der Waals surface area contributed by atoms with Crippen molar-refractivity contribution in [2.75, 3.05) is 13.2 Å². The summed E-state index contributed by atoms with van der Waals surface area (Å²) in [6.07, 6.45) is 3.38. The first-order valence-electron chi connectivity index (χ1n) is 7.85. The van der Waals surface area contributed by atoms with Crippen molar-refractivity contribution in [2.24, 2.45) is 0 Å². The molecule has 2 heteroatoms. The van der Waals surface area contributed by atoms with Gasteiger partial charge in [-0.15, -0.1) is 0 Å². The largest absolute Gasteiger partial charge is 0.353 e. The Balaban J connectivity index is 1.59. The molecule has 0 aromatic heterocycles. The SMILES string of the molecule is c1ccc2c(c1)-c1ccccc1C2COC1CCCCO1. The molecule has 2 aliphatic rings. The van der Waals surface area contributed by atoms with Crippen LogP contribution >= 0.6 is 0 Å². The second-order valence-corrected chi connectivity index (χ2v) is 5.86.